The van der Waals surface area contributed by atoms with Crippen molar-refractivity contribution in [3.8, 4) is 0 Å². The largest absolute Gasteiger partial charge is 0.481 e. The van der Waals surface area contributed by atoms with E-state index in [1.807, 2.05) is 6.07 Å². The SMILES string of the molecule is CCN1C[C@]2(COC)CC[C@H](OC)[C@]34C1[C@H]([C@H](OC)[C@H]23)[C@]1(OC(=O)CCC(=O)O)[C@@H]2[C@H]4CC([C@@H](OC)[C@@H]1O)[C@@H]2OC(=O)c1ccccc1. The standard InChI is InChI=1S/C36H49NO11/c1-6-37-17-34(18-43-2)15-14-22(44-3)35-21-16-20-27(47-33(42)19-10-8-7-9-11-19)25(21)36(32(41)28(20)45-4,48-24(40)13-12-23(38)39)26(31(35)37)29(46-5)30(34)35/h7-11,20-22,25-32,41H,6,12-18H2,1-5H3,(H,38,39)/t20?,21-,22+,25-,26+,27+,28-,29+,30-,31?,32+,34+,35+,36-/m1/s1. The van der Waals surface area contributed by atoms with Gasteiger partial charge in [-0.25, -0.2) is 4.79 Å². The highest BCUT2D eigenvalue weighted by Gasteiger charge is 2.89. The highest BCUT2D eigenvalue weighted by atomic mass is 16.6. The number of piperidine rings is 1. The van der Waals surface area contributed by atoms with Crippen LogP contribution in [0, 0.1) is 40.4 Å². The quantitative estimate of drug-likeness (QED) is 0.314. The molecule has 48 heavy (non-hydrogen) atoms. The molecule has 0 radical (unpaired) electrons. The summed E-state index contributed by atoms with van der Waals surface area (Å²) in [6.45, 7) is 4.09. The third-order valence-electron chi connectivity index (χ3n) is 13.5. The minimum absolute atomic E-state index is 0.0749. The molecule has 1 saturated heterocycles. The summed E-state index contributed by atoms with van der Waals surface area (Å²) in [5, 5.41) is 22.1. The fraction of sp³-hybridized carbons (Fsp3) is 0.750. The Labute approximate surface area is 281 Å². The molecule has 1 heterocycles. The van der Waals surface area contributed by atoms with Crippen LogP contribution >= 0.6 is 0 Å². The number of benzene rings is 1. The number of methoxy groups -OCH3 is 4. The van der Waals surface area contributed by atoms with E-state index in [9.17, 15) is 24.6 Å². The maximum atomic E-state index is 13.9. The van der Waals surface area contributed by atoms with Crippen molar-refractivity contribution in [2.24, 2.45) is 40.4 Å². The number of rotatable bonds is 12. The zero-order valence-electron chi connectivity index (χ0n) is 28.4. The number of carbonyl (C=O) groups is 3. The number of hydrogen-bond acceptors (Lipinski definition) is 11. The molecule has 0 aromatic heterocycles. The lowest BCUT2D eigenvalue weighted by Gasteiger charge is -2.69. The molecule has 1 aromatic rings. The summed E-state index contributed by atoms with van der Waals surface area (Å²) in [4.78, 5) is 41.7. The van der Waals surface area contributed by atoms with Crippen LogP contribution in [0.3, 0.4) is 0 Å². The van der Waals surface area contributed by atoms with Gasteiger partial charge >= 0.3 is 17.9 Å². The van der Waals surface area contributed by atoms with Gasteiger partial charge < -0.3 is 38.6 Å². The van der Waals surface area contributed by atoms with Gasteiger partial charge in [-0.1, -0.05) is 25.1 Å². The van der Waals surface area contributed by atoms with Gasteiger partial charge in [0.05, 0.1) is 43.3 Å². The van der Waals surface area contributed by atoms with Gasteiger partial charge in [-0.15, -0.1) is 0 Å². The summed E-state index contributed by atoms with van der Waals surface area (Å²) in [5.74, 6) is -4.23. The van der Waals surface area contributed by atoms with Crippen molar-refractivity contribution in [2.45, 2.75) is 81.2 Å². The first kappa shape index (κ1) is 33.9. The number of carboxylic acid groups (broad SMARTS) is 1. The average Bonchev–Trinajstić information content (AvgIpc) is 3.51. The number of hydrogen-bond donors (Lipinski definition) is 2. The van der Waals surface area contributed by atoms with Gasteiger partial charge in [0.25, 0.3) is 0 Å². The molecule has 2 N–H and O–H groups in total. The van der Waals surface area contributed by atoms with E-state index in [2.05, 4.69) is 11.8 Å². The molecule has 7 bridgehead atoms. The Hall–Kier alpha value is -2.61. The highest BCUT2D eigenvalue weighted by molar-refractivity contribution is 5.89. The van der Waals surface area contributed by atoms with Crippen LogP contribution in [-0.2, 0) is 38.0 Å². The number of aliphatic hydroxyl groups is 1. The maximum absolute atomic E-state index is 13.9. The van der Waals surface area contributed by atoms with Crippen LogP contribution in [0.5, 0.6) is 0 Å². The molecule has 0 amide bonds. The van der Waals surface area contributed by atoms with Gasteiger partial charge in [-0.05, 0) is 43.9 Å². The zero-order chi connectivity index (χ0) is 34.2. The number of aliphatic hydroxyl groups excluding tert-OH is 1. The van der Waals surface area contributed by atoms with Crippen molar-refractivity contribution in [3.63, 3.8) is 0 Å². The van der Waals surface area contributed by atoms with Crippen LogP contribution in [0.4, 0.5) is 0 Å². The molecule has 1 aromatic carbocycles. The van der Waals surface area contributed by atoms with E-state index in [0.29, 0.717) is 25.1 Å². The molecular formula is C36H49NO11. The number of carbonyl (C=O) groups excluding carboxylic acids is 2. The molecule has 1 spiro atoms. The number of likely N-dealkylation sites (tertiary alicyclic amines) is 1. The number of nitrogens with zero attached hydrogens (tertiary/aromatic N) is 1. The Morgan fingerprint density at radius 3 is 2.31 bits per heavy atom. The molecule has 2 unspecified atom stereocenters. The van der Waals surface area contributed by atoms with Crippen molar-refractivity contribution < 1.29 is 53.0 Å². The lowest BCUT2D eigenvalue weighted by molar-refractivity contribution is -0.304. The Balaban J connectivity index is 1.47. The molecule has 5 aliphatic carbocycles. The van der Waals surface area contributed by atoms with E-state index >= 15 is 0 Å². The first-order valence-electron chi connectivity index (χ1n) is 17.3. The van der Waals surface area contributed by atoms with E-state index in [1.165, 1.54) is 7.11 Å². The van der Waals surface area contributed by atoms with E-state index in [1.54, 1.807) is 45.6 Å². The third-order valence-corrected chi connectivity index (χ3v) is 13.5. The molecule has 7 rings (SSSR count). The van der Waals surface area contributed by atoms with Crippen LogP contribution in [0.1, 0.15) is 49.4 Å². The van der Waals surface area contributed by atoms with Crippen LogP contribution < -0.4 is 0 Å². The van der Waals surface area contributed by atoms with Crippen LogP contribution in [-0.4, -0.2) is 123 Å². The summed E-state index contributed by atoms with van der Waals surface area (Å²) in [6, 6.07) is 8.57. The number of esters is 2. The molecule has 264 valence electrons. The summed E-state index contributed by atoms with van der Waals surface area (Å²) in [6.07, 6.45) is -2.12. The van der Waals surface area contributed by atoms with E-state index in [-0.39, 0.29) is 41.7 Å². The normalized spacial score (nSPS) is 45.1. The van der Waals surface area contributed by atoms with E-state index in [4.69, 9.17) is 28.4 Å². The van der Waals surface area contributed by atoms with Gasteiger partial charge in [-0.3, -0.25) is 14.5 Å². The fourth-order valence-electron chi connectivity index (χ4n) is 12.6. The number of carboxylic acids is 1. The molecule has 12 nitrogen and oxygen atoms in total. The molecule has 6 fully saturated rings. The lowest BCUT2D eigenvalue weighted by atomic mass is 9.43. The first-order valence-corrected chi connectivity index (χ1v) is 17.3. The van der Waals surface area contributed by atoms with Gasteiger partial charge in [0.2, 0.25) is 0 Å². The van der Waals surface area contributed by atoms with Gasteiger partial charge in [0.15, 0.2) is 5.60 Å². The summed E-state index contributed by atoms with van der Waals surface area (Å²) in [7, 11) is 6.70. The minimum atomic E-state index is -1.61. The number of ether oxygens (including phenoxy) is 6. The zero-order valence-corrected chi connectivity index (χ0v) is 28.4. The monoisotopic (exact) mass is 671 g/mol. The van der Waals surface area contributed by atoms with Gasteiger partial charge in [0.1, 0.15) is 12.2 Å². The van der Waals surface area contributed by atoms with Crippen molar-refractivity contribution in [1.82, 2.24) is 4.90 Å². The smallest absolute Gasteiger partial charge is 0.338 e. The second kappa shape index (κ2) is 12.3. The molecule has 6 aliphatic rings. The van der Waals surface area contributed by atoms with Crippen molar-refractivity contribution >= 4 is 17.9 Å². The van der Waals surface area contributed by atoms with Crippen LogP contribution in [0.25, 0.3) is 0 Å². The van der Waals surface area contributed by atoms with Crippen molar-refractivity contribution in [2.75, 3.05) is 48.1 Å². The highest BCUT2D eigenvalue weighted by Crippen LogP contribution is 2.80. The Bertz CT molecular complexity index is 1410. The maximum Gasteiger partial charge on any atom is 0.338 e. The number of fused-ring (bicyclic) bond motifs is 2. The van der Waals surface area contributed by atoms with E-state index in [0.717, 1.165) is 19.4 Å². The summed E-state index contributed by atoms with van der Waals surface area (Å²) < 4.78 is 38.3. The minimum Gasteiger partial charge on any atom is -0.481 e. The lowest BCUT2D eigenvalue weighted by Crippen LogP contribution is -2.79. The van der Waals surface area contributed by atoms with Crippen molar-refractivity contribution in [3.05, 3.63) is 35.9 Å². The average molecular weight is 672 g/mol. The molecule has 12 heteroatoms. The third kappa shape index (κ3) is 4.32. The molecule has 14 atom stereocenters. The Morgan fingerprint density at radius 2 is 1.69 bits per heavy atom. The second-order valence-electron chi connectivity index (χ2n) is 14.9. The van der Waals surface area contributed by atoms with Crippen LogP contribution in [0.15, 0.2) is 30.3 Å². The molecule has 1 aliphatic heterocycles. The molecular weight excluding hydrogens is 622 g/mol. The topological polar surface area (TPSA) is 150 Å². The predicted molar refractivity (Wildman–Crippen MR) is 169 cm³/mol. The van der Waals surface area contributed by atoms with E-state index < -0.39 is 71.6 Å². The Morgan fingerprint density at radius 1 is 0.958 bits per heavy atom. The molecule has 5 saturated carbocycles. The number of aliphatic carboxylic acids is 1. The summed E-state index contributed by atoms with van der Waals surface area (Å²) in [5.41, 5.74) is -2.04. The second-order valence-corrected chi connectivity index (χ2v) is 14.9. The fourth-order valence-corrected chi connectivity index (χ4v) is 12.6. The van der Waals surface area contributed by atoms with Crippen molar-refractivity contribution in [1.29, 1.82) is 0 Å². The van der Waals surface area contributed by atoms with Gasteiger partial charge in [0, 0.05) is 75.5 Å². The first-order chi connectivity index (χ1) is 23.1. The van der Waals surface area contributed by atoms with Gasteiger partial charge in [-0.2, -0.15) is 0 Å². The predicted octanol–water partition coefficient (Wildman–Crippen LogP) is 2.41. The summed E-state index contributed by atoms with van der Waals surface area (Å²) >= 11 is 0. The Kier molecular flexibility index (Phi) is 8.69. The van der Waals surface area contributed by atoms with Crippen LogP contribution in [0.2, 0.25) is 0 Å².